The number of nitrogens with zero attached hydrogens (tertiary/aromatic N) is 1. The molecule has 1 unspecified atom stereocenters. The highest BCUT2D eigenvalue weighted by atomic mass is 16.5. The van der Waals surface area contributed by atoms with Crippen LogP contribution >= 0.6 is 0 Å². The molecule has 0 bridgehead atoms. The number of rotatable bonds is 7. The second-order valence-corrected chi connectivity index (χ2v) is 5.25. The predicted molar refractivity (Wildman–Crippen MR) is 71.9 cm³/mol. The Labute approximate surface area is 114 Å². The molecule has 5 nitrogen and oxygen atoms in total. The molecule has 0 aromatic heterocycles. The van der Waals surface area contributed by atoms with Crippen LogP contribution in [0.15, 0.2) is 0 Å². The van der Waals surface area contributed by atoms with Crippen LogP contribution in [0.5, 0.6) is 0 Å². The summed E-state index contributed by atoms with van der Waals surface area (Å²) in [4.78, 5) is 24.5. The summed E-state index contributed by atoms with van der Waals surface area (Å²) >= 11 is 0. The largest absolute Gasteiger partial charge is 0.481 e. The van der Waals surface area contributed by atoms with E-state index in [2.05, 4.69) is 0 Å². The fourth-order valence-electron chi connectivity index (χ4n) is 2.51. The molecule has 0 saturated heterocycles. The van der Waals surface area contributed by atoms with Crippen LogP contribution in [0.1, 0.15) is 51.9 Å². The second-order valence-electron chi connectivity index (χ2n) is 5.25. The lowest BCUT2D eigenvalue weighted by atomic mass is 9.98. The number of carboxylic acids is 1. The van der Waals surface area contributed by atoms with Gasteiger partial charge in [0.1, 0.15) is 12.1 Å². The Morgan fingerprint density at radius 1 is 1.32 bits per heavy atom. The Morgan fingerprint density at radius 2 is 1.95 bits per heavy atom. The van der Waals surface area contributed by atoms with E-state index in [0.717, 1.165) is 25.7 Å². The SMILES string of the molecule is CCC(C(=O)OC1CCCCC1)N(C)CCC(=O)O. The van der Waals surface area contributed by atoms with Gasteiger partial charge in [-0.1, -0.05) is 13.3 Å². The van der Waals surface area contributed by atoms with E-state index in [1.165, 1.54) is 6.42 Å². The van der Waals surface area contributed by atoms with Gasteiger partial charge >= 0.3 is 11.9 Å². The van der Waals surface area contributed by atoms with Crippen LogP contribution in [0.4, 0.5) is 0 Å². The third-order valence-corrected chi connectivity index (χ3v) is 3.70. The topological polar surface area (TPSA) is 66.8 Å². The minimum atomic E-state index is -0.845. The van der Waals surface area contributed by atoms with Gasteiger partial charge in [-0.2, -0.15) is 0 Å². The number of aliphatic carboxylic acids is 1. The molecule has 1 aliphatic rings. The summed E-state index contributed by atoms with van der Waals surface area (Å²) in [6.07, 6.45) is 6.15. The van der Waals surface area contributed by atoms with E-state index in [0.29, 0.717) is 13.0 Å². The van der Waals surface area contributed by atoms with Crippen molar-refractivity contribution in [1.82, 2.24) is 4.90 Å². The smallest absolute Gasteiger partial charge is 0.323 e. The van der Waals surface area contributed by atoms with E-state index in [1.807, 2.05) is 6.92 Å². The van der Waals surface area contributed by atoms with Crippen molar-refractivity contribution in [1.29, 1.82) is 0 Å². The van der Waals surface area contributed by atoms with Gasteiger partial charge in [0.15, 0.2) is 0 Å². The van der Waals surface area contributed by atoms with Gasteiger partial charge in [0.25, 0.3) is 0 Å². The molecule has 0 heterocycles. The van der Waals surface area contributed by atoms with Gasteiger partial charge in [-0.3, -0.25) is 14.5 Å². The highest BCUT2D eigenvalue weighted by molar-refractivity contribution is 5.76. The minimum Gasteiger partial charge on any atom is -0.481 e. The second kappa shape index (κ2) is 8.15. The number of carboxylic acid groups (broad SMARTS) is 1. The van der Waals surface area contributed by atoms with Gasteiger partial charge in [0, 0.05) is 6.54 Å². The maximum atomic E-state index is 12.1. The zero-order valence-corrected chi connectivity index (χ0v) is 11.9. The minimum absolute atomic E-state index is 0.0453. The lowest BCUT2D eigenvalue weighted by Gasteiger charge is -2.28. The zero-order chi connectivity index (χ0) is 14.3. The molecule has 1 aliphatic carbocycles. The van der Waals surface area contributed by atoms with Gasteiger partial charge in [0.2, 0.25) is 0 Å². The summed E-state index contributed by atoms with van der Waals surface area (Å²) in [5, 5.41) is 8.67. The lowest BCUT2D eigenvalue weighted by molar-refractivity contribution is -0.157. The van der Waals surface area contributed by atoms with Gasteiger partial charge in [0.05, 0.1) is 6.42 Å². The van der Waals surface area contributed by atoms with Crippen LogP contribution in [0.3, 0.4) is 0 Å². The first-order valence-corrected chi connectivity index (χ1v) is 7.17. The third-order valence-electron chi connectivity index (χ3n) is 3.70. The van der Waals surface area contributed by atoms with Crippen molar-refractivity contribution >= 4 is 11.9 Å². The van der Waals surface area contributed by atoms with Gasteiger partial charge in [-0.05, 0) is 39.2 Å². The number of likely N-dealkylation sites (N-methyl/N-ethyl adjacent to an activating group) is 1. The third kappa shape index (κ3) is 5.59. The number of hydrogen-bond acceptors (Lipinski definition) is 4. The van der Waals surface area contributed by atoms with Crippen LogP contribution in [0, 0.1) is 0 Å². The number of esters is 1. The molecule has 0 amide bonds. The van der Waals surface area contributed by atoms with E-state index < -0.39 is 5.97 Å². The lowest BCUT2D eigenvalue weighted by Crippen LogP contribution is -2.41. The maximum Gasteiger partial charge on any atom is 0.323 e. The Kier molecular flexibility index (Phi) is 6.84. The zero-order valence-electron chi connectivity index (χ0n) is 11.9. The molecule has 0 spiro atoms. The number of ether oxygens (including phenoxy) is 1. The number of hydrogen-bond donors (Lipinski definition) is 1. The Morgan fingerprint density at radius 3 is 2.47 bits per heavy atom. The fraction of sp³-hybridized carbons (Fsp3) is 0.857. The first-order chi connectivity index (χ1) is 9.04. The van der Waals surface area contributed by atoms with E-state index in [1.54, 1.807) is 11.9 Å². The molecule has 1 N–H and O–H groups in total. The summed E-state index contributed by atoms with van der Waals surface area (Å²) in [5.74, 6) is -1.05. The van der Waals surface area contributed by atoms with Crippen molar-refractivity contribution in [3.8, 4) is 0 Å². The molecule has 1 fully saturated rings. The standard InChI is InChI=1S/C14H25NO4/c1-3-12(15(2)10-9-13(16)17)14(18)19-11-7-5-4-6-8-11/h11-12H,3-10H2,1-2H3,(H,16,17). The van der Waals surface area contributed by atoms with E-state index in [4.69, 9.17) is 9.84 Å². The fourth-order valence-corrected chi connectivity index (χ4v) is 2.51. The first kappa shape index (κ1) is 16.0. The molecule has 1 atom stereocenters. The summed E-state index contributed by atoms with van der Waals surface area (Å²) in [6, 6.07) is -0.332. The Balaban J connectivity index is 2.43. The first-order valence-electron chi connectivity index (χ1n) is 7.17. The Bertz CT molecular complexity index is 300. The maximum absolute atomic E-state index is 12.1. The van der Waals surface area contributed by atoms with Crippen molar-refractivity contribution in [3.63, 3.8) is 0 Å². The molecule has 0 aromatic carbocycles. The quantitative estimate of drug-likeness (QED) is 0.718. The van der Waals surface area contributed by atoms with Gasteiger partial charge < -0.3 is 9.84 Å². The summed E-state index contributed by atoms with van der Waals surface area (Å²) in [7, 11) is 1.78. The van der Waals surface area contributed by atoms with E-state index in [-0.39, 0.29) is 24.5 Å². The summed E-state index contributed by atoms with van der Waals surface area (Å²) in [6.45, 7) is 2.29. The molecular formula is C14H25NO4. The van der Waals surface area contributed by atoms with Crippen molar-refractivity contribution in [2.75, 3.05) is 13.6 Å². The molecule has 0 radical (unpaired) electrons. The number of carbonyl (C=O) groups excluding carboxylic acids is 1. The van der Waals surface area contributed by atoms with Gasteiger partial charge in [-0.25, -0.2) is 0 Å². The van der Waals surface area contributed by atoms with E-state index >= 15 is 0 Å². The van der Waals surface area contributed by atoms with Crippen LogP contribution in [0.25, 0.3) is 0 Å². The molecule has 1 rings (SSSR count). The predicted octanol–water partition coefficient (Wildman–Crippen LogP) is 2.05. The molecule has 0 aromatic rings. The van der Waals surface area contributed by atoms with Crippen LogP contribution < -0.4 is 0 Å². The van der Waals surface area contributed by atoms with Crippen LogP contribution in [0.2, 0.25) is 0 Å². The highest BCUT2D eigenvalue weighted by Crippen LogP contribution is 2.21. The molecule has 5 heteroatoms. The molecule has 1 saturated carbocycles. The monoisotopic (exact) mass is 271 g/mol. The van der Waals surface area contributed by atoms with Crippen LogP contribution in [-0.2, 0) is 14.3 Å². The summed E-state index contributed by atoms with van der Waals surface area (Å²) < 4.78 is 5.54. The van der Waals surface area contributed by atoms with Gasteiger partial charge in [-0.15, -0.1) is 0 Å². The molecule has 0 aliphatic heterocycles. The highest BCUT2D eigenvalue weighted by Gasteiger charge is 2.26. The van der Waals surface area contributed by atoms with Crippen molar-refractivity contribution in [2.45, 2.75) is 64.0 Å². The molecule has 19 heavy (non-hydrogen) atoms. The molecular weight excluding hydrogens is 246 g/mol. The van der Waals surface area contributed by atoms with Crippen molar-refractivity contribution in [2.24, 2.45) is 0 Å². The van der Waals surface area contributed by atoms with E-state index in [9.17, 15) is 9.59 Å². The van der Waals surface area contributed by atoms with Crippen molar-refractivity contribution in [3.05, 3.63) is 0 Å². The average molecular weight is 271 g/mol. The summed E-state index contributed by atoms with van der Waals surface area (Å²) in [5.41, 5.74) is 0. The molecule has 110 valence electrons. The van der Waals surface area contributed by atoms with Crippen molar-refractivity contribution < 1.29 is 19.4 Å². The normalized spacial score (nSPS) is 18.3. The average Bonchev–Trinajstić information content (AvgIpc) is 2.38. The van der Waals surface area contributed by atoms with Crippen LogP contribution in [-0.4, -0.2) is 47.7 Å². The number of carbonyl (C=O) groups is 2. The Hall–Kier alpha value is -1.10.